The summed E-state index contributed by atoms with van der Waals surface area (Å²) in [6.07, 6.45) is 1.01. The number of nitrogens with two attached hydrogens (primary N) is 1. The van der Waals surface area contributed by atoms with Crippen molar-refractivity contribution in [3.05, 3.63) is 0 Å². The van der Waals surface area contributed by atoms with Gasteiger partial charge in [0.05, 0.1) is 0 Å². The van der Waals surface area contributed by atoms with E-state index in [2.05, 4.69) is 17.5 Å². The molecular weight excluding hydrogens is 108 g/mol. The highest BCUT2D eigenvalue weighted by Gasteiger charge is 1.82. The summed E-state index contributed by atoms with van der Waals surface area (Å²) in [7, 11) is 0. The Balaban J connectivity index is 2.82. The number of thiocarbonyl (C=S) groups is 1. The van der Waals surface area contributed by atoms with Crippen molar-refractivity contribution in [2.45, 2.75) is 13.3 Å². The van der Waals surface area contributed by atoms with Crippen LogP contribution in [0.4, 0.5) is 0 Å². The van der Waals surface area contributed by atoms with Crippen LogP contribution < -0.4 is 11.1 Å². The molecule has 0 spiro atoms. The van der Waals surface area contributed by atoms with E-state index in [0.29, 0.717) is 0 Å². The molecule has 0 unspecified atom stereocenters. The summed E-state index contributed by atoms with van der Waals surface area (Å²) < 4.78 is 0. The Kier molecular flexibility index (Phi) is 3.69. The van der Waals surface area contributed by atoms with Gasteiger partial charge < -0.3 is 5.73 Å². The van der Waals surface area contributed by atoms with Crippen LogP contribution in [-0.2, 0) is 0 Å². The largest absolute Gasteiger partial charge is 0.375 e. The van der Waals surface area contributed by atoms with Crippen molar-refractivity contribution in [3.8, 4) is 0 Å². The SMILES string of the molecule is CCC[N]C(N)=S. The number of hydrogen-bond donors (Lipinski definition) is 1. The Labute approximate surface area is 49.1 Å². The molecule has 0 rings (SSSR count). The lowest BCUT2D eigenvalue weighted by Crippen LogP contribution is -2.22. The zero-order valence-electron chi connectivity index (χ0n) is 4.35. The third-order valence-corrected chi connectivity index (χ3v) is 0.620. The van der Waals surface area contributed by atoms with E-state index < -0.39 is 0 Å². The summed E-state index contributed by atoms with van der Waals surface area (Å²) in [5.41, 5.74) is 5.04. The number of rotatable bonds is 2. The van der Waals surface area contributed by atoms with Crippen molar-refractivity contribution in [1.29, 1.82) is 0 Å². The van der Waals surface area contributed by atoms with Crippen LogP contribution >= 0.6 is 12.2 Å². The van der Waals surface area contributed by atoms with Gasteiger partial charge in [0.2, 0.25) is 0 Å². The molecule has 0 atom stereocenters. The average molecular weight is 117 g/mol. The van der Waals surface area contributed by atoms with E-state index in [-0.39, 0.29) is 5.11 Å². The second kappa shape index (κ2) is 3.87. The minimum absolute atomic E-state index is 0.266. The lowest BCUT2D eigenvalue weighted by molar-refractivity contribution is 0.832. The topological polar surface area (TPSA) is 40.1 Å². The third-order valence-electron chi connectivity index (χ3n) is 0.491. The zero-order chi connectivity index (χ0) is 5.70. The summed E-state index contributed by atoms with van der Waals surface area (Å²) in [6.45, 7) is 2.79. The first-order valence-electron chi connectivity index (χ1n) is 2.24. The zero-order valence-corrected chi connectivity index (χ0v) is 5.16. The van der Waals surface area contributed by atoms with E-state index in [4.69, 9.17) is 5.73 Å². The van der Waals surface area contributed by atoms with Crippen molar-refractivity contribution in [1.82, 2.24) is 5.32 Å². The van der Waals surface area contributed by atoms with Crippen molar-refractivity contribution in [2.75, 3.05) is 6.54 Å². The molecule has 7 heavy (non-hydrogen) atoms. The van der Waals surface area contributed by atoms with E-state index in [9.17, 15) is 0 Å². The van der Waals surface area contributed by atoms with Crippen LogP contribution in [0.5, 0.6) is 0 Å². The van der Waals surface area contributed by atoms with E-state index in [1.165, 1.54) is 0 Å². The molecule has 0 aliphatic carbocycles. The Bertz CT molecular complexity index is 62.7. The molecule has 0 aromatic carbocycles. The fourth-order valence-electron chi connectivity index (χ4n) is 0.222. The molecule has 3 heteroatoms. The van der Waals surface area contributed by atoms with Crippen LogP contribution in [0, 0.1) is 0 Å². The van der Waals surface area contributed by atoms with Crippen LogP contribution in [0.25, 0.3) is 0 Å². The monoisotopic (exact) mass is 117 g/mol. The first-order valence-corrected chi connectivity index (χ1v) is 2.65. The predicted molar refractivity (Wildman–Crippen MR) is 34.1 cm³/mol. The second-order valence-corrected chi connectivity index (χ2v) is 1.64. The maximum Gasteiger partial charge on any atom is 0.185 e. The summed E-state index contributed by atoms with van der Waals surface area (Å²) >= 11 is 4.47. The summed E-state index contributed by atoms with van der Waals surface area (Å²) in [4.78, 5) is 0. The van der Waals surface area contributed by atoms with Crippen LogP contribution in [0.3, 0.4) is 0 Å². The van der Waals surface area contributed by atoms with Gasteiger partial charge in [-0.05, 0) is 18.6 Å². The van der Waals surface area contributed by atoms with Crippen LogP contribution in [0.2, 0.25) is 0 Å². The van der Waals surface area contributed by atoms with E-state index >= 15 is 0 Å². The molecule has 0 aliphatic rings. The van der Waals surface area contributed by atoms with Gasteiger partial charge in [0.25, 0.3) is 0 Å². The van der Waals surface area contributed by atoms with Crippen LogP contribution in [0.15, 0.2) is 0 Å². The normalized spacial score (nSPS) is 8.14. The van der Waals surface area contributed by atoms with Gasteiger partial charge in [-0.3, -0.25) is 5.32 Å². The van der Waals surface area contributed by atoms with Gasteiger partial charge in [-0.25, -0.2) is 0 Å². The highest BCUT2D eigenvalue weighted by Crippen LogP contribution is 1.69. The molecule has 0 saturated carbocycles. The summed E-state index contributed by atoms with van der Waals surface area (Å²) in [5, 5.41) is 4.02. The van der Waals surface area contributed by atoms with E-state index in [1.807, 2.05) is 6.92 Å². The fourth-order valence-corrected chi connectivity index (χ4v) is 0.313. The second-order valence-electron chi connectivity index (χ2n) is 1.22. The van der Waals surface area contributed by atoms with Gasteiger partial charge in [-0.2, -0.15) is 0 Å². The highest BCUT2D eigenvalue weighted by atomic mass is 32.1. The lowest BCUT2D eigenvalue weighted by atomic mass is 10.5. The Morgan fingerprint density at radius 2 is 2.43 bits per heavy atom. The molecule has 41 valence electrons. The smallest absolute Gasteiger partial charge is 0.185 e. The molecule has 0 aliphatic heterocycles. The van der Waals surface area contributed by atoms with E-state index in [0.717, 1.165) is 13.0 Å². The Morgan fingerprint density at radius 3 is 2.57 bits per heavy atom. The van der Waals surface area contributed by atoms with E-state index in [1.54, 1.807) is 0 Å². The molecule has 2 nitrogen and oxygen atoms in total. The molecule has 0 fully saturated rings. The molecule has 0 aromatic heterocycles. The van der Waals surface area contributed by atoms with Gasteiger partial charge in [-0.15, -0.1) is 0 Å². The summed E-state index contributed by atoms with van der Waals surface area (Å²) in [6, 6.07) is 0. The molecule has 0 amide bonds. The van der Waals surface area contributed by atoms with Gasteiger partial charge >= 0.3 is 0 Å². The van der Waals surface area contributed by atoms with Gasteiger partial charge in [0, 0.05) is 6.54 Å². The molecule has 0 saturated heterocycles. The molecule has 0 bridgehead atoms. The first kappa shape index (κ1) is 6.69. The quantitative estimate of drug-likeness (QED) is 0.526. The van der Waals surface area contributed by atoms with Crippen molar-refractivity contribution in [2.24, 2.45) is 5.73 Å². The Hall–Kier alpha value is -0.310. The van der Waals surface area contributed by atoms with Crippen molar-refractivity contribution < 1.29 is 0 Å². The maximum atomic E-state index is 5.04. The maximum absolute atomic E-state index is 5.04. The minimum Gasteiger partial charge on any atom is -0.375 e. The summed E-state index contributed by atoms with van der Waals surface area (Å²) in [5.74, 6) is 0. The fraction of sp³-hybridized carbons (Fsp3) is 0.750. The van der Waals surface area contributed by atoms with Crippen LogP contribution in [-0.4, -0.2) is 11.7 Å². The van der Waals surface area contributed by atoms with Crippen molar-refractivity contribution >= 4 is 17.3 Å². The number of hydrogen-bond acceptors (Lipinski definition) is 1. The average Bonchev–Trinajstić information content (AvgIpc) is 1.61. The highest BCUT2D eigenvalue weighted by molar-refractivity contribution is 7.80. The van der Waals surface area contributed by atoms with Gasteiger partial charge in [0.1, 0.15) is 0 Å². The predicted octanol–water partition coefficient (Wildman–Crippen LogP) is 0.244. The first-order chi connectivity index (χ1) is 3.27. The Morgan fingerprint density at radius 1 is 1.86 bits per heavy atom. The standard InChI is InChI=1S/C4H9N2S/c1-2-3-6-4(5)7/h2-3H2,1H3,(H2,5,7). The number of nitrogens with zero attached hydrogens (tertiary/aromatic N) is 1. The van der Waals surface area contributed by atoms with Crippen molar-refractivity contribution in [3.63, 3.8) is 0 Å². The molecule has 2 N–H and O–H groups in total. The van der Waals surface area contributed by atoms with Gasteiger partial charge in [0.15, 0.2) is 5.11 Å². The van der Waals surface area contributed by atoms with Crippen LogP contribution in [0.1, 0.15) is 13.3 Å². The molecular formula is C4H9N2S. The molecule has 0 aromatic rings. The molecule has 1 radical (unpaired) electrons. The third kappa shape index (κ3) is 5.69. The minimum atomic E-state index is 0.266. The van der Waals surface area contributed by atoms with Gasteiger partial charge in [-0.1, -0.05) is 6.92 Å². The lowest BCUT2D eigenvalue weighted by Gasteiger charge is -1.92. The molecule has 0 heterocycles.